The fourth-order valence-corrected chi connectivity index (χ4v) is 2.61. The zero-order valence-corrected chi connectivity index (χ0v) is 13.0. The predicted molar refractivity (Wildman–Crippen MR) is 82.9 cm³/mol. The van der Waals surface area contributed by atoms with Crippen LogP contribution in [-0.2, 0) is 12.8 Å². The van der Waals surface area contributed by atoms with E-state index in [9.17, 15) is 5.11 Å². The third kappa shape index (κ3) is 4.32. The average molecular weight is 336 g/mol. The third-order valence-corrected chi connectivity index (χ3v) is 3.66. The van der Waals surface area contributed by atoms with Crippen molar-refractivity contribution < 1.29 is 9.84 Å². The van der Waals surface area contributed by atoms with Crippen LogP contribution in [0, 0.1) is 5.92 Å². The number of aliphatic hydroxyl groups is 1. The van der Waals surface area contributed by atoms with Crippen LogP contribution in [0.15, 0.2) is 47.2 Å². The number of aromatic nitrogens is 1. The van der Waals surface area contributed by atoms with Gasteiger partial charge in [0.05, 0.1) is 7.11 Å². The smallest absolute Gasteiger partial charge is 0.118 e. The van der Waals surface area contributed by atoms with Gasteiger partial charge in [-0.2, -0.15) is 0 Å². The standard InChI is InChI=1S/C16H18BrNO2/c1-20-16-4-2-12(3-5-16)6-14(11-19)7-13-8-15(17)10-18-9-13/h2-5,8-10,14,19H,6-7,11H2,1H3. The van der Waals surface area contributed by atoms with Crippen molar-refractivity contribution >= 4 is 15.9 Å². The molecular weight excluding hydrogens is 318 g/mol. The van der Waals surface area contributed by atoms with Crippen molar-refractivity contribution in [3.05, 3.63) is 58.3 Å². The Bertz CT molecular complexity index is 542. The molecule has 1 unspecified atom stereocenters. The molecule has 0 aliphatic carbocycles. The Balaban J connectivity index is 2.01. The van der Waals surface area contributed by atoms with Gasteiger partial charge in [-0.3, -0.25) is 4.98 Å². The van der Waals surface area contributed by atoms with E-state index in [-0.39, 0.29) is 12.5 Å². The van der Waals surface area contributed by atoms with Gasteiger partial charge in [0.2, 0.25) is 0 Å². The van der Waals surface area contributed by atoms with Gasteiger partial charge in [-0.05, 0) is 64.0 Å². The quantitative estimate of drug-likeness (QED) is 0.881. The monoisotopic (exact) mass is 335 g/mol. The molecule has 1 heterocycles. The molecule has 2 rings (SSSR count). The van der Waals surface area contributed by atoms with Gasteiger partial charge in [-0.25, -0.2) is 0 Å². The van der Waals surface area contributed by atoms with Crippen LogP contribution in [0.3, 0.4) is 0 Å². The highest BCUT2D eigenvalue weighted by molar-refractivity contribution is 9.10. The van der Waals surface area contributed by atoms with Gasteiger partial charge in [0.1, 0.15) is 5.75 Å². The molecule has 0 saturated carbocycles. The third-order valence-electron chi connectivity index (χ3n) is 3.23. The summed E-state index contributed by atoms with van der Waals surface area (Å²) in [5.74, 6) is 1.05. The summed E-state index contributed by atoms with van der Waals surface area (Å²) in [5.41, 5.74) is 2.33. The minimum absolute atomic E-state index is 0.165. The topological polar surface area (TPSA) is 42.4 Å². The van der Waals surface area contributed by atoms with E-state index in [1.807, 2.05) is 36.5 Å². The molecule has 0 aliphatic rings. The van der Waals surface area contributed by atoms with Gasteiger partial charge in [0, 0.05) is 23.5 Å². The molecule has 0 bridgehead atoms. The Morgan fingerprint density at radius 1 is 1.15 bits per heavy atom. The molecule has 0 fully saturated rings. The van der Waals surface area contributed by atoms with E-state index in [0.29, 0.717) is 0 Å². The molecule has 1 N–H and O–H groups in total. The lowest BCUT2D eigenvalue weighted by atomic mass is 9.94. The maximum Gasteiger partial charge on any atom is 0.118 e. The van der Waals surface area contributed by atoms with Crippen LogP contribution in [-0.4, -0.2) is 23.8 Å². The van der Waals surface area contributed by atoms with E-state index >= 15 is 0 Å². The molecule has 20 heavy (non-hydrogen) atoms. The van der Waals surface area contributed by atoms with Crippen LogP contribution < -0.4 is 4.74 Å². The summed E-state index contributed by atoms with van der Waals surface area (Å²) in [6, 6.07) is 10.0. The molecule has 2 aromatic rings. The van der Waals surface area contributed by atoms with Gasteiger partial charge in [-0.1, -0.05) is 12.1 Å². The number of hydrogen-bond donors (Lipinski definition) is 1. The van der Waals surface area contributed by atoms with Crippen LogP contribution in [0.1, 0.15) is 11.1 Å². The Kier molecular flexibility index (Phi) is 5.56. The second kappa shape index (κ2) is 7.41. The summed E-state index contributed by atoms with van der Waals surface area (Å²) in [4.78, 5) is 4.16. The highest BCUT2D eigenvalue weighted by Crippen LogP contribution is 2.18. The first kappa shape index (κ1) is 15.0. The fraction of sp³-hybridized carbons (Fsp3) is 0.312. The maximum absolute atomic E-state index is 9.56. The normalized spacial score (nSPS) is 12.2. The highest BCUT2D eigenvalue weighted by Gasteiger charge is 2.10. The summed E-state index contributed by atoms with van der Waals surface area (Å²) >= 11 is 3.42. The molecule has 1 aromatic carbocycles. The van der Waals surface area contributed by atoms with E-state index in [1.54, 1.807) is 13.3 Å². The predicted octanol–water partition coefficient (Wildman–Crippen LogP) is 3.25. The summed E-state index contributed by atoms with van der Waals surface area (Å²) in [6.45, 7) is 0.165. The van der Waals surface area contributed by atoms with Gasteiger partial charge < -0.3 is 9.84 Å². The number of hydrogen-bond acceptors (Lipinski definition) is 3. The Hall–Kier alpha value is -1.39. The molecule has 106 valence electrons. The second-order valence-electron chi connectivity index (χ2n) is 4.82. The van der Waals surface area contributed by atoms with Gasteiger partial charge in [0.15, 0.2) is 0 Å². The van der Waals surface area contributed by atoms with Crippen LogP contribution >= 0.6 is 15.9 Å². The van der Waals surface area contributed by atoms with Crippen molar-refractivity contribution in [1.82, 2.24) is 4.98 Å². The number of benzene rings is 1. The Labute approximate surface area is 127 Å². The van der Waals surface area contributed by atoms with Crippen LogP contribution in [0.5, 0.6) is 5.75 Å². The van der Waals surface area contributed by atoms with Crippen molar-refractivity contribution in [3.63, 3.8) is 0 Å². The highest BCUT2D eigenvalue weighted by atomic mass is 79.9. The minimum Gasteiger partial charge on any atom is -0.497 e. The van der Waals surface area contributed by atoms with E-state index in [2.05, 4.69) is 20.9 Å². The van der Waals surface area contributed by atoms with Crippen molar-refractivity contribution in [3.8, 4) is 5.75 Å². The van der Waals surface area contributed by atoms with E-state index in [0.717, 1.165) is 28.6 Å². The molecule has 1 atom stereocenters. The first-order chi connectivity index (χ1) is 9.71. The maximum atomic E-state index is 9.56. The fourth-order valence-electron chi connectivity index (χ4n) is 2.20. The second-order valence-corrected chi connectivity index (χ2v) is 5.73. The van der Waals surface area contributed by atoms with Crippen molar-refractivity contribution in [2.75, 3.05) is 13.7 Å². The van der Waals surface area contributed by atoms with Gasteiger partial charge >= 0.3 is 0 Å². The lowest BCUT2D eigenvalue weighted by Gasteiger charge is -2.14. The first-order valence-electron chi connectivity index (χ1n) is 6.54. The largest absolute Gasteiger partial charge is 0.497 e. The number of methoxy groups -OCH3 is 1. The number of rotatable bonds is 6. The number of pyridine rings is 1. The molecular formula is C16H18BrNO2. The van der Waals surface area contributed by atoms with Crippen LogP contribution in [0.25, 0.3) is 0 Å². The van der Waals surface area contributed by atoms with Gasteiger partial charge in [0.25, 0.3) is 0 Å². The number of nitrogens with zero attached hydrogens (tertiary/aromatic N) is 1. The van der Waals surface area contributed by atoms with E-state index in [1.165, 1.54) is 5.56 Å². The minimum atomic E-state index is 0.165. The van der Waals surface area contributed by atoms with Gasteiger partial charge in [-0.15, -0.1) is 0 Å². The molecule has 0 radical (unpaired) electrons. The van der Waals surface area contributed by atoms with E-state index in [4.69, 9.17) is 4.74 Å². The number of halogens is 1. The molecule has 0 amide bonds. The number of aliphatic hydroxyl groups excluding tert-OH is 1. The molecule has 3 nitrogen and oxygen atoms in total. The molecule has 1 aromatic heterocycles. The van der Waals surface area contributed by atoms with Crippen molar-refractivity contribution in [1.29, 1.82) is 0 Å². The summed E-state index contributed by atoms with van der Waals surface area (Å²) in [5, 5.41) is 9.56. The first-order valence-corrected chi connectivity index (χ1v) is 7.33. The SMILES string of the molecule is COc1ccc(CC(CO)Cc2cncc(Br)c2)cc1. The molecule has 0 spiro atoms. The average Bonchev–Trinajstić information content (AvgIpc) is 2.47. The summed E-state index contributed by atoms with van der Waals surface area (Å²) in [6.07, 6.45) is 5.27. The Morgan fingerprint density at radius 3 is 2.45 bits per heavy atom. The Morgan fingerprint density at radius 2 is 1.85 bits per heavy atom. The summed E-state index contributed by atoms with van der Waals surface area (Å²) in [7, 11) is 1.66. The summed E-state index contributed by atoms with van der Waals surface area (Å²) < 4.78 is 6.12. The van der Waals surface area contributed by atoms with E-state index < -0.39 is 0 Å². The number of ether oxygens (including phenoxy) is 1. The van der Waals surface area contributed by atoms with Crippen LogP contribution in [0.2, 0.25) is 0 Å². The molecule has 0 aliphatic heterocycles. The molecule has 4 heteroatoms. The zero-order valence-electron chi connectivity index (χ0n) is 11.4. The van der Waals surface area contributed by atoms with Crippen LogP contribution in [0.4, 0.5) is 0 Å². The van der Waals surface area contributed by atoms with Crippen molar-refractivity contribution in [2.24, 2.45) is 5.92 Å². The molecule has 0 saturated heterocycles. The lowest BCUT2D eigenvalue weighted by Crippen LogP contribution is -2.13. The zero-order chi connectivity index (χ0) is 14.4. The van der Waals surface area contributed by atoms with Crippen molar-refractivity contribution in [2.45, 2.75) is 12.8 Å². The lowest BCUT2D eigenvalue weighted by molar-refractivity contribution is 0.225.